The average Bonchev–Trinajstić information content (AvgIpc) is 3.48. The second-order valence-corrected chi connectivity index (χ2v) is 11.9. The van der Waals surface area contributed by atoms with E-state index in [1.165, 1.54) is 17.5 Å². The molecule has 0 aliphatic heterocycles. The molecule has 0 spiro atoms. The smallest absolute Gasteiger partial charge is 0.231 e. The lowest BCUT2D eigenvalue weighted by Crippen LogP contribution is -2.41. The normalized spacial score (nSPS) is 20.2. The molecule has 2 aromatic heterocycles. The number of aromatic nitrogens is 3. The van der Waals surface area contributed by atoms with Gasteiger partial charge in [-0.1, -0.05) is 31.4 Å². The van der Waals surface area contributed by atoms with Gasteiger partial charge >= 0.3 is 0 Å². The quantitative estimate of drug-likeness (QED) is 0.300. The highest BCUT2D eigenvalue weighted by molar-refractivity contribution is 5.94. The number of aryl methyl sites for hydroxylation is 1. The molecule has 0 atom stereocenters. The van der Waals surface area contributed by atoms with Gasteiger partial charge in [-0.15, -0.1) is 0 Å². The first-order valence-electron chi connectivity index (χ1n) is 14.9. The fraction of sp³-hybridized carbons (Fsp3) is 0.545. The summed E-state index contributed by atoms with van der Waals surface area (Å²) in [4.78, 5) is 20.7. The van der Waals surface area contributed by atoms with Crippen molar-refractivity contribution < 1.29 is 9.53 Å². The van der Waals surface area contributed by atoms with E-state index in [0.717, 1.165) is 80.6 Å². The SMILES string of the molecule is COc1ccc(C2CCC(CN(C(=O)C3CCCCC3)c3cc(-c4cnn(C(C)C)c4)ccn3)CC2)cc1C. The molecule has 1 amide bonds. The van der Waals surface area contributed by atoms with Crippen molar-refractivity contribution in [2.45, 2.75) is 90.5 Å². The van der Waals surface area contributed by atoms with Crippen LogP contribution in [0.5, 0.6) is 5.75 Å². The van der Waals surface area contributed by atoms with Gasteiger partial charge in [0, 0.05) is 36.5 Å². The molecule has 2 saturated carbocycles. The minimum absolute atomic E-state index is 0.117. The number of carbonyl (C=O) groups excluding carboxylic acids is 1. The van der Waals surface area contributed by atoms with Crippen molar-refractivity contribution in [1.82, 2.24) is 14.8 Å². The van der Waals surface area contributed by atoms with Crippen LogP contribution >= 0.6 is 0 Å². The monoisotopic (exact) mass is 528 g/mol. The molecule has 2 aliphatic carbocycles. The van der Waals surface area contributed by atoms with E-state index >= 15 is 0 Å². The molecule has 2 aliphatic rings. The Kier molecular flexibility index (Phi) is 8.69. The van der Waals surface area contributed by atoms with Gasteiger partial charge in [-0.2, -0.15) is 5.10 Å². The number of nitrogens with zero attached hydrogens (tertiary/aromatic N) is 4. The van der Waals surface area contributed by atoms with Crippen LogP contribution in [0.1, 0.15) is 94.7 Å². The third-order valence-corrected chi connectivity index (χ3v) is 8.88. The van der Waals surface area contributed by atoms with E-state index in [1.807, 2.05) is 28.0 Å². The number of carbonyl (C=O) groups is 1. The van der Waals surface area contributed by atoms with Crippen LogP contribution in [-0.4, -0.2) is 34.3 Å². The molecule has 3 aromatic rings. The molecule has 0 N–H and O–H groups in total. The fourth-order valence-corrected chi connectivity index (χ4v) is 6.47. The van der Waals surface area contributed by atoms with Crippen molar-refractivity contribution >= 4 is 11.7 Å². The van der Waals surface area contributed by atoms with Gasteiger partial charge in [0.2, 0.25) is 5.91 Å². The number of benzene rings is 1. The van der Waals surface area contributed by atoms with E-state index in [4.69, 9.17) is 9.72 Å². The highest BCUT2D eigenvalue weighted by Gasteiger charge is 2.31. The van der Waals surface area contributed by atoms with Crippen LogP contribution in [0.15, 0.2) is 48.9 Å². The number of hydrogen-bond donors (Lipinski definition) is 0. The van der Waals surface area contributed by atoms with Gasteiger partial charge < -0.3 is 4.74 Å². The summed E-state index contributed by atoms with van der Waals surface area (Å²) in [6.45, 7) is 7.14. The summed E-state index contributed by atoms with van der Waals surface area (Å²) in [5.41, 5.74) is 4.74. The molecule has 6 nitrogen and oxygen atoms in total. The molecule has 0 radical (unpaired) electrons. The first kappa shape index (κ1) is 27.4. The molecule has 208 valence electrons. The Morgan fingerprint density at radius 1 is 1.03 bits per heavy atom. The molecule has 5 rings (SSSR count). The standard InChI is InChI=1S/C33H44N4O2/c1-23(2)37-22-30(20-35-37)29-16-17-34-32(19-29)36(33(38)27-8-6-5-7-9-27)21-25-10-12-26(13-11-25)28-14-15-31(39-4)24(3)18-28/h14-20,22-23,25-27H,5-13,21H2,1-4H3. The van der Waals surface area contributed by atoms with Crippen molar-refractivity contribution in [3.63, 3.8) is 0 Å². The van der Waals surface area contributed by atoms with Crippen LogP contribution in [0.25, 0.3) is 11.1 Å². The molecule has 2 heterocycles. The van der Waals surface area contributed by atoms with Gasteiger partial charge in [-0.25, -0.2) is 4.98 Å². The van der Waals surface area contributed by atoms with Crippen molar-refractivity contribution in [1.29, 1.82) is 0 Å². The van der Waals surface area contributed by atoms with Crippen LogP contribution in [-0.2, 0) is 4.79 Å². The van der Waals surface area contributed by atoms with Gasteiger partial charge in [0.25, 0.3) is 0 Å². The van der Waals surface area contributed by atoms with E-state index in [2.05, 4.69) is 56.3 Å². The van der Waals surface area contributed by atoms with E-state index in [-0.39, 0.29) is 11.8 Å². The highest BCUT2D eigenvalue weighted by atomic mass is 16.5. The number of rotatable bonds is 8. The summed E-state index contributed by atoms with van der Waals surface area (Å²) in [5.74, 6) is 3.19. The molecule has 2 fully saturated rings. The molecule has 6 heteroatoms. The number of ether oxygens (including phenoxy) is 1. The van der Waals surface area contributed by atoms with Gasteiger partial charge in [-0.05, 0) is 106 Å². The maximum atomic E-state index is 14.0. The second-order valence-electron chi connectivity index (χ2n) is 11.9. The number of hydrogen-bond acceptors (Lipinski definition) is 4. The third kappa shape index (κ3) is 6.37. The van der Waals surface area contributed by atoms with E-state index < -0.39 is 0 Å². The van der Waals surface area contributed by atoms with Crippen LogP contribution in [0, 0.1) is 18.8 Å². The molecule has 0 unspecified atom stereocenters. The number of methoxy groups -OCH3 is 1. The first-order valence-corrected chi connectivity index (χ1v) is 14.9. The van der Waals surface area contributed by atoms with E-state index in [1.54, 1.807) is 7.11 Å². The number of pyridine rings is 1. The summed E-state index contributed by atoms with van der Waals surface area (Å²) in [6, 6.07) is 11.0. The van der Waals surface area contributed by atoms with Crippen LogP contribution < -0.4 is 9.64 Å². The Bertz CT molecular complexity index is 1250. The summed E-state index contributed by atoms with van der Waals surface area (Å²) in [5, 5.41) is 4.52. The van der Waals surface area contributed by atoms with Crippen molar-refractivity contribution in [3.05, 3.63) is 60.0 Å². The lowest BCUT2D eigenvalue weighted by Gasteiger charge is -2.35. The van der Waals surface area contributed by atoms with E-state index in [9.17, 15) is 4.79 Å². The first-order chi connectivity index (χ1) is 18.9. The average molecular weight is 529 g/mol. The van der Waals surface area contributed by atoms with Crippen molar-refractivity contribution in [3.8, 4) is 16.9 Å². The molecule has 0 saturated heterocycles. The van der Waals surface area contributed by atoms with Crippen molar-refractivity contribution in [2.75, 3.05) is 18.6 Å². The second kappa shape index (κ2) is 12.4. The maximum absolute atomic E-state index is 14.0. The van der Waals surface area contributed by atoms with Crippen LogP contribution in [0.2, 0.25) is 0 Å². The highest BCUT2D eigenvalue weighted by Crippen LogP contribution is 2.38. The summed E-state index contributed by atoms with van der Waals surface area (Å²) < 4.78 is 7.44. The lowest BCUT2D eigenvalue weighted by atomic mass is 9.78. The maximum Gasteiger partial charge on any atom is 0.231 e. The van der Waals surface area contributed by atoms with Gasteiger partial charge in [-0.3, -0.25) is 14.4 Å². The largest absolute Gasteiger partial charge is 0.496 e. The van der Waals surface area contributed by atoms with Crippen LogP contribution in [0.3, 0.4) is 0 Å². The molecular formula is C33H44N4O2. The fourth-order valence-electron chi connectivity index (χ4n) is 6.47. The molecule has 39 heavy (non-hydrogen) atoms. The Morgan fingerprint density at radius 2 is 1.79 bits per heavy atom. The lowest BCUT2D eigenvalue weighted by molar-refractivity contribution is -0.123. The number of anilines is 1. The predicted molar refractivity (Wildman–Crippen MR) is 157 cm³/mol. The summed E-state index contributed by atoms with van der Waals surface area (Å²) >= 11 is 0. The predicted octanol–water partition coefficient (Wildman–Crippen LogP) is 7.73. The van der Waals surface area contributed by atoms with Gasteiger partial charge in [0.05, 0.1) is 13.3 Å². The summed E-state index contributed by atoms with van der Waals surface area (Å²) in [7, 11) is 1.73. The molecule has 0 bridgehead atoms. The Morgan fingerprint density at radius 3 is 2.46 bits per heavy atom. The van der Waals surface area contributed by atoms with Crippen molar-refractivity contribution in [2.24, 2.45) is 11.8 Å². The zero-order chi connectivity index (χ0) is 27.4. The van der Waals surface area contributed by atoms with Gasteiger partial charge in [0.15, 0.2) is 0 Å². The zero-order valence-electron chi connectivity index (χ0n) is 24.1. The third-order valence-electron chi connectivity index (χ3n) is 8.88. The molecular weight excluding hydrogens is 484 g/mol. The Hall–Kier alpha value is -3.15. The number of amides is 1. The van der Waals surface area contributed by atoms with E-state index in [0.29, 0.717) is 17.9 Å². The minimum Gasteiger partial charge on any atom is -0.496 e. The van der Waals surface area contributed by atoms with Crippen LogP contribution in [0.4, 0.5) is 5.82 Å². The Balaban J connectivity index is 1.33. The summed E-state index contributed by atoms with van der Waals surface area (Å²) in [6.07, 6.45) is 16.0. The molecule has 1 aromatic carbocycles. The van der Waals surface area contributed by atoms with Gasteiger partial charge in [0.1, 0.15) is 11.6 Å². The minimum atomic E-state index is 0.117. The zero-order valence-corrected chi connectivity index (χ0v) is 24.1. The Labute approximate surface area is 233 Å². The topological polar surface area (TPSA) is 60.2 Å².